The van der Waals surface area contributed by atoms with Gasteiger partial charge in [0.1, 0.15) is 0 Å². The lowest BCUT2D eigenvalue weighted by Crippen LogP contribution is -2.37. The van der Waals surface area contributed by atoms with Crippen molar-refractivity contribution in [3.63, 3.8) is 0 Å². The summed E-state index contributed by atoms with van der Waals surface area (Å²) >= 11 is 0. The Morgan fingerprint density at radius 1 is 1.23 bits per heavy atom. The standard InChI is InChI=1S/C10H20N2O/c11-6-8-5-9(8)7-12-3-1-10(13)2-4-12/h8-10,13H,1-7,11H2/t8-,9+/m0/s1. The molecular formula is C10H20N2O. The molecule has 1 aliphatic heterocycles. The first kappa shape index (κ1) is 9.44. The molecule has 1 aliphatic carbocycles. The van der Waals surface area contributed by atoms with Gasteiger partial charge in [-0.05, 0) is 37.6 Å². The van der Waals surface area contributed by atoms with Crippen LogP contribution in [0.25, 0.3) is 0 Å². The summed E-state index contributed by atoms with van der Waals surface area (Å²) in [7, 11) is 0. The largest absolute Gasteiger partial charge is 0.393 e. The number of nitrogens with two attached hydrogens (primary N) is 1. The van der Waals surface area contributed by atoms with Gasteiger partial charge in [-0.3, -0.25) is 0 Å². The van der Waals surface area contributed by atoms with Gasteiger partial charge in [-0.2, -0.15) is 0 Å². The van der Waals surface area contributed by atoms with Gasteiger partial charge in [-0.15, -0.1) is 0 Å². The molecule has 0 unspecified atom stereocenters. The number of likely N-dealkylation sites (tertiary alicyclic amines) is 1. The first-order chi connectivity index (χ1) is 6.29. The Morgan fingerprint density at radius 2 is 1.92 bits per heavy atom. The van der Waals surface area contributed by atoms with Gasteiger partial charge in [0, 0.05) is 19.6 Å². The summed E-state index contributed by atoms with van der Waals surface area (Å²) in [4.78, 5) is 2.48. The fraction of sp³-hybridized carbons (Fsp3) is 1.00. The second-order valence-corrected chi connectivity index (χ2v) is 4.52. The molecule has 76 valence electrons. The lowest BCUT2D eigenvalue weighted by Gasteiger charge is -2.29. The number of rotatable bonds is 3. The van der Waals surface area contributed by atoms with E-state index in [4.69, 9.17) is 5.73 Å². The lowest BCUT2D eigenvalue weighted by atomic mass is 10.1. The van der Waals surface area contributed by atoms with Crippen molar-refractivity contribution in [1.82, 2.24) is 4.90 Å². The maximum atomic E-state index is 9.33. The van der Waals surface area contributed by atoms with Crippen LogP contribution < -0.4 is 5.73 Å². The summed E-state index contributed by atoms with van der Waals surface area (Å²) in [6.45, 7) is 4.24. The maximum absolute atomic E-state index is 9.33. The Bertz CT molecular complexity index is 166. The van der Waals surface area contributed by atoms with Crippen molar-refractivity contribution >= 4 is 0 Å². The molecule has 3 nitrogen and oxygen atoms in total. The van der Waals surface area contributed by atoms with Gasteiger partial charge < -0.3 is 15.7 Å². The van der Waals surface area contributed by atoms with E-state index in [0.717, 1.165) is 44.3 Å². The summed E-state index contributed by atoms with van der Waals surface area (Å²) in [5.41, 5.74) is 5.59. The highest BCUT2D eigenvalue weighted by molar-refractivity contribution is 4.89. The van der Waals surface area contributed by atoms with Crippen LogP contribution in [0, 0.1) is 11.8 Å². The van der Waals surface area contributed by atoms with Crippen molar-refractivity contribution in [1.29, 1.82) is 0 Å². The Morgan fingerprint density at radius 3 is 2.46 bits per heavy atom. The van der Waals surface area contributed by atoms with E-state index in [2.05, 4.69) is 4.90 Å². The molecule has 0 aromatic carbocycles. The van der Waals surface area contributed by atoms with E-state index in [-0.39, 0.29) is 6.10 Å². The van der Waals surface area contributed by atoms with E-state index in [1.807, 2.05) is 0 Å². The predicted octanol–water partition coefficient (Wildman–Crippen LogP) is 0.0379. The molecule has 2 atom stereocenters. The average molecular weight is 184 g/mol. The molecule has 3 heteroatoms. The zero-order valence-electron chi connectivity index (χ0n) is 8.15. The van der Waals surface area contributed by atoms with Crippen LogP contribution >= 0.6 is 0 Å². The van der Waals surface area contributed by atoms with Gasteiger partial charge in [-0.25, -0.2) is 0 Å². The Labute approximate surface area is 79.9 Å². The fourth-order valence-electron chi connectivity index (χ4n) is 2.26. The molecule has 3 N–H and O–H groups in total. The monoisotopic (exact) mass is 184 g/mol. The van der Waals surface area contributed by atoms with Crippen LogP contribution in [0.1, 0.15) is 19.3 Å². The smallest absolute Gasteiger partial charge is 0.0564 e. The van der Waals surface area contributed by atoms with Crippen LogP contribution in [0.15, 0.2) is 0 Å². The third kappa shape index (κ3) is 2.42. The SMILES string of the molecule is NC[C@@H]1C[C@@H]1CN1CCC(O)CC1. The minimum Gasteiger partial charge on any atom is -0.393 e. The molecule has 2 rings (SSSR count). The lowest BCUT2D eigenvalue weighted by molar-refractivity contribution is 0.0798. The predicted molar refractivity (Wildman–Crippen MR) is 52.3 cm³/mol. The number of aliphatic hydroxyl groups excluding tert-OH is 1. The molecule has 1 saturated heterocycles. The Hall–Kier alpha value is -0.120. The zero-order valence-corrected chi connectivity index (χ0v) is 8.15. The molecule has 0 bridgehead atoms. The number of aliphatic hydroxyl groups is 1. The van der Waals surface area contributed by atoms with Crippen molar-refractivity contribution in [2.45, 2.75) is 25.4 Å². The third-order valence-electron chi connectivity index (χ3n) is 3.42. The summed E-state index contributed by atoms with van der Waals surface area (Å²) < 4.78 is 0. The second-order valence-electron chi connectivity index (χ2n) is 4.52. The molecular weight excluding hydrogens is 164 g/mol. The van der Waals surface area contributed by atoms with E-state index >= 15 is 0 Å². The number of hydrogen-bond donors (Lipinski definition) is 2. The van der Waals surface area contributed by atoms with Crippen LogP contribution in [0.3, 0.4) is 0 Å². The Balaban J connectivity index is 1.66. The molecule has 0 aromatic rings. The summed E-state index contributed by atoms with van der Waals surface area (Å²) in [6.07, 6.45) is 3.20. The highest BCUT2D eigenvalue weighted by Gasteiger charge is 2.37. The van der Waals surface area contributed by atoms with E-state index in [9.17, 15) is 5.11 Å². The topological polar surface area (TPSA) is 49.5 Å². The third-order valence-corrected chi connectivity index (χ3v) is 3.42. The van der Waals surface area contributed by atoms with Crippen molar-refractivity contribution in [3.05, 3.63) is 0 Å². The molecule has 1 saturated carbocycles. The van der Waals surface area contributed by atoms with E-state index in [0.29, 0.717) is 0 Å². The van der Waals surface area contributed by atoms with Gasteiger partial charge in [0.05, 0.1) is 6.10 Å². The summed E-state index contributed by atoms with van der Waals surface area (Å²) in [5.74, 6) is 1.66. The van der Waals surface area contributed by atoms with Crippen LogP contribution in [0.2, 0.25) is 0 Å². The molecule has 0 radical (unpaired) electrons. The van der Waals surface area contributed by atoms with Gasteiger partial charge in [0.15, 0.2) is 0 Å². The molecule has 2 fully saturated rings. The first-order valence-electron chi connectivity index (χ1n) is 5.40. The fourth-order valence-corrected chi connectivity index (χ4v) is 2.26. The average Bonchev–Trinajstić information content (AvgIpc) is 2.88. The highest BCUT2D eigenvalue weighted by Crippen LogP contribution is 2.38. The number of nitrogens with zero attached hydrogens (tertiary/aromatic N) is 1. The van der Waals surface area contributed by atoms with Crippen molar-refractivity contribution in [2.24, 2.45) is 17.6 Å². The number of hydrogen-bond acceptors (Lipinski definition) is 3. The normalized spacial score (nSPS) is 36.5. The summed E-state index contributed by atoms with van der Waals surface area (Å²) in [5, 5.41) is 9.33. The zero-order chi connectivity index (χ0) is 9.26. The summed E-state index contributed by atoms with van der Waals surface area (Å²) in [6, 6.07) is 0. The van der Waals surface area contributed by atoms with Gasteiger partial charge in [0.2, 0.25) is 0 Å². The number of piperidine rings is 1. The van der Waals surface area contributed by atoms with Crippen molar-refractivity contribution in [3.8, 4) is 0 Å². The van der Waals surface area contributed by atoms with E-state index in [1.165, 1.54) is 13.0 Å². The highest BCUT2D eigenvalue weighted by atomic mass is 16.3. The van der Waals surface area contributed by atoms with Crippen LogP contribution in [0.5, 0.6) is 0 Å². The molecule has 0 aromatic heterocycles. The van der Waals surface area contributed by atoms with Crippen LogP contribution in [-0.4, -0.2) is 42.3 Å². The van der Waals surface area contributed by atoms with Gasteiger partial charge in [0.25, 0.3) is 0 Å². The van der Waals surface area contributed by atoms with E-state index < -0.39 is 0 Å². The molecule has 1 heterocycles. The maximum Gasteiger partial charge on any atom is 0.0564 e. The van der Waals surface area contributed by atoms with Crippen LogP contribution in [0.4, 0.5) is 0 Å². The van der Waals surface area contributed by atoms with Crippen molar-refractivity contribution < 1.29 is 5.11 Å². The van der Waals surface area contributed by atoms with Crippen LogP contribution in [-0.2, 0) is 0 Å². The van der Waals surface area contributed by atoms with Gasteiger partial charge in [-0.1, -0.05) is 0 Å². The molecule has 0 spiro atoms. The van der Waals surface area contributed by atoms with Gasteiger partial charge >= 0.3 is 0 Å². The minimum atomic E-state index is -0.0410. The minimum absolute atomic E-state index is 0.0410. The first-order valence-corrected chi connectivity index (χ1v) is 5.40. The van der Waals surface area contributed by atoms with Crippen molar-refractivity contribution in [2.75, 3.05) is 26.2 Å². The molecule has 13 heavy (non-hydrogen) atoms. The quantitative estimate of drug-likeness (QED) is 0.651. The molecule has 0 amide bonds. The van der Waals surface area contributed by atoms with E-state index in [1.54, 1.807) is 0 Å². The molecule has 2 aliphatic rings. The Kier molecular flexibility index (Phi) is 2.86. The second kappa shape index (κ2) is 3.95.